The molecule has 1 fully saturated rings. The molecule has 2 amide bonds. The van der Waals surface area contributed by atoms with E-state index < -0.39 is 27.5 Å². The SMILES string of the molecule is COc1ccc(S(=O)(=O)N2C(=O)C(c3ccccc3Cl)(N3CCC[C@H]3C(=O)N(C)C)c3cc(Cl)c(OC)cc32)c(OC)c1. The summed E-state index contributed by atoms with van der Waals surface area (Å²) in [7, 11) is 2.80. The van der Waals surface area contributed by atoms with E-state index in [2.05, 4.69) is 0 Å². The van der Waals surface area contributed by atoms with Gasteiger partial charge in [-0.25, -0.2) is 8.42 Å². The van der Waals surface area contributed by atoms with Gasteiger partial charge in [-0.05, 0) is 37.1 Å². The Bertz CT molecular complexity index is 1720. The first-order chi connectivity index (χ1) is 20.4. The summed E-state index contributed by atoms with van der Waals surface area (Å²) < 4.78 is 46.1. The van der Waals surface area contributed by atoms with Crippen molar-refractivity contribution >= 4 is 50.7 Å². The van der Waals surface area contributed by atoms with E-state index in [1.807, 2.05) is 0 Å². The highest BCUT2D eigenvalue weighted by Gasteiger charge is 2.63. The number of hydrogen-bond acceptors (Lipinski definition) is 8. The number of amides is 2. The lowest BCUT2D eigenvalue weighted by molar-refractivity contribution is -0.138. The fourth-order valence-electron chi connectivity index (χ4n) is 6.02. The Hall–Kier alpha value is -3.51. The first-order valence-electron chi connectivity index (χ1n) is 13.4. The Morgan fingerprint density at radius 2 is 1.63 bits per heavy atom. The first kappa shape index (κ1) is 30.9. The van der Waals surface area contributed by atoms with Crippen LogP contribution in [0.5, 0.6) is 17.2 Å². The molecule has 0 aliphatic carbocycles. The minimum atomic E-state index is -4.64. The molecule has 43 heavy (non-hydrogen) atoms. The minimum Gasteiger partial charge on any atom is -0.497 e. The predicted molar refractivity (Wildman–Crippen MR) is 163 cm³/mol. The Morgan fingerprint density at radius 3 is 2.26 bits per heavy atom. The van der Waals surface area contributed by atoms with Crippen LogP contribution in [-0.2, 0) is 25.2 Å². The van der Waals surface area contributed by atoms with E-state index in [0.717, 1.165) is 4.31 Å². The van der Waals surface area contributed by atoms with Gasteiger partial charge in [0.05, 0.1) is 38.1 Å². The number of halogens is 2. The number of ether oxygens (including phenoxy) is 3. The number of nitrogens with zero attached hydrogens (tertiary/aromatic N) is 3. The molecule has 0 spiro atoms. The predicted octanol–water partition coefficient (Wildman–Crippen LogP) is 4.55. The van der Waals surface area contributed by atoms with Crippen LogP contribution in [0.4, 0.5) is 5.69 Å². The zero-order chi connectivity index (χ0) is 31.3. The van der Waals surface area contributed by atoms with Crippen molar-refractivity contribution in [1.29, 1.82) is 0 Å². The molecule has 2 heterocycles. The van der Waals surface area contributed by atoms with Crippen molar-refractivity contribution in [3.63, 3.8) is 0 Å². The molecular formula is C30H31Cl2N3O7S. The number of anilines is 1. The highest BCUT2D eigenvalue weighted by atomic mass is 35.5. The third-order valence-corrected chi connectivity index (χ3v) is 10.3. The van der Waals surface area contributed by atoms with Crippen LogP contribution in [0.2, 0.25) is 10.0 Å². The van der Waals surface area contributed by atoms with Gasteiger partial charge in [0, 0.05) is 48.9 Å². The number of sulfonamides is 1. The largest absolute Gasteiger partial charge is 0.497 e. The van der Waals surface area contributed by atoms with E-state index in [0.29, 0.717) is 30.7 Å². The number of benzene rings is 3. The lowest BCUT2D eigenvalue weighted by Crippen LogP contribution is -2.59. The van der Waals surface area contributed by atoms with Gasteiger partial charge in [-0.3, -0.25) is 14.5 Å². The maximum atomic E-state index is 15.2. The van der Waals surface area contributed by atoms with E-state index in [-0.39, 0.29) is 43.6 Å². The molecule has 13 heteroatoms. The molecule has 2 aliphatic heterocycles. The van der Waals surface area contributed by atoms with Gasteiger partial charge < -0.3 is 19.1 Å². The van der Waals surface area contributed by atoms with Crippen LogP contribution in [0.25, 0.3) is 0 Å². The van der Waals surface area contributed by atoms with Gasteiger partial charge in [-0.15, -0.1) is 0 Å². The van der Waals surface area contributed by atoms with Crippen molar-refractivity contribution in [2.45, 2.75) is 29.3 Å². The molecule has 1 unspecified atom stereocenters. The average molecular weight is 649 g/mol. The topological polar surface area (TPSA) is 106 Å². The molecule has 10 nitrogen and oxygen atoms in total. The van der Waals surface area contributed by atoms with E-state index >= 15 is 4.79 Å². The van der Waals surface area contributed by atoms with E-state index in [4.69, 9.17) is 37.4 Å². The van der Waals surface area contributed by atoms with Crippen LogP contribution < -0.4 is 18.5 Å². The van der Waals surface area contributed by atoms with Gasteiger partial charge in [-0.1, -0.05) is 41.4 Å². The van der Waals surface area contributed by atoms with Gasteiger partial charge in [0.1, 0.15) is 22.1 Å². The van der Waals surface area contributed by atoms with Crippen LogP contribution in [0.15, 0.2) is 59.5 Å². The normalized spacial score (nSPS) is 20.2. The maximum absolute atomic E-state index is 15.2. The third-order valence-electron chi connectivity index (χ3n) is 7.93. The fraction of sp³-hybridized carbons (Fsp3) is 0.333. The molecular weight excluding hydrogens is 617 g/mol. The van der Waals surface area contributed by atoms with Crippen LogP contribution in [0.3, 0.4) is 0 Å². The first-order valence-corrected chi connectivity index (χ1v) is 15.6. The summed E-state index contributed by atoms with van der Waals surface area (Å²) in [5.74, 6) is -0.559. The van der Waals surface area contributed by atoms with Crippen molar-refractivity contribution < 1.29 is 32.2 Å². The number of carbonyl (C=O) groups is 2. The van der Waals surface area contributed by atoms with Crippen LogP contribution >= 0.6 is 23.2 Å². The van der Waals surface area contributed by atoms with E-state index in [1.54, 1.807) is 43.3 Å². The number of fused-ring (bicyclic) bond motifs is 1. The van der Waals surface area contributed by atoms with Crippen molar-refractivity contribution in [3.05, 3.63) is 75.8 Å². The number of methoxy groups -OCH3 is 3. The Labute approximate surface area is 260 Å². The molecule has 5 rings (SSSR count). The monoisotopic (exact) mass is 647 g/mol. The van der Waals surface area contributed by atoms with Gasteiger partial charge in [0.25, 0.3) is 15.9 Å². The molecule has 0 saturated carbocycles. The second-order valence-electron chi connectivity index (χ2n) is 10.4. The number of likely N-dealkylation sites (tertiary alicyclic amines) is 1. The van der Waals surface area contributed by atoms with Gasteiger partial charge >= 0.3 is 0 Å². The molecule has 3 aromatic carbocycles. The number of likely N-dealkylation sites (N-methyl/N-ethyl adjacent to an activating group) is 1. The standard InChI is InChI=1S/C30H31Cl2N3O7S/c1-33(2)28(36)23-11-8-14-34(23)30(19-9-6-7-10-21(19)31)20-16-22(32)25(41-4)17-24(20)35(29(30)37)43(38,39)27-13-12-18(40-3)15-26(27)42-5/h6-7,9-10,12-13,15-17,23H,8,11,14H2,1-5H3/t23-,30?/m0/s1. The molecule has 2 atom stereocenters. The Morgan fingerprint density at radius 1 is 0.930 bits per heavy atom. The van der Waals surface area contributed by atoms with Crippen molar-refractivity contribution in [1.82, 2.24) is 9.80 Å². The number of carbonyl (C=O) groups excluding carboxylic acids is 2. The highest BCUT2D eigenvalue weighted by molar-refractivity contribution is 7.93. The molecule has 1 saturated heterocycles. The maximum Gasteiger partial charge on any atom is 0.274 e. The van der Waals surface area contributed by atoms with E-state index in [1.165, 1.54) is 56.6 Å². The van der Waals surface area contributed by atoms with Crippen LogP contribution in [0.1, 0.15) is 24.0 Å². The van der Waals surface area contributed by atoms with E-state index in [9.17, 15) is 13.2 Å². The molecule has 228 valence electrons. The lowest BCUT2D eigenvalue weighted by atomic mass is 9.81. The molecule has 2 aliphatic rings. The average Bonchev–Trinajstić information content (AvgIpc) is 3.57. The molecule has 0 N–H and O–H groups in total. The van der Waals surface area contributed by atoms with Crippen molar-refractivity contribution in [2.24, 2.45) is 0 Å². The quantitative estimate of drug-likeness (QED) is 0.351. The summed E-state index contributed by atoms with van der Waals surface area (Å²) in [4.78, 5) is 31.7. The molecule has 0 radical (unpaired) electrons. The van der Waals surface area contributed by atoms with Gasteiger partial charge in [-0.2, -0.15) is 4.31 Å². The summed E-state index contributed by atoms with van der Waals surface area (Å²) in [6.45, 7) is 0.310. The Balaban J connectivity index is 1.88. The zero-order valence-corrected chi connectivity index (χ0v) is 26.6. The Kier molecular flexibility index (Phi) is 8.30. The third kappa shape index (κ3) is 4.69. The van der Waals surface area contributed by atoms with Crippen LogP contribution in [-0.4, -0.2) is 78.0 Å². The van der Waals surface area contributed by atoms with Crippen LogP contribution in [0, 0.1) is 0 Å². The van der Waals surface area contributed by atoms with Crippen molar-refractivity contribution in [2.75, 3.05) is 46.3 Å². The fourth-order valence-corrected chi connectivity index (χ4v) is 8.13. The lowest BCUT2D eigenvalue weighted by Gasteiger charge is -2.42. The van der Waals surface area contributed by atoms with Gasteiger partial charge in [0.2, 0.25) is 5.91 Å². The number of hydrogen-bond donors (Lipinski definition) is 0. The summed E-state index contributed by atoms with van der Waals surface area (Å²) in [5, 5.41) is 0.374. The van der Waals surface area contributed by atoms with Crippen molar-refractivity contribution in [3.8, 4) is 17.2 Å². The molecule has 0 bridgehead atoms. The smallest absolute Gasteiger partial charge is 0.274 e. The summed E-state index contributed by atoms with van der Waals surface area (Å²) in [5.41, 5.74) is -1.23. The summed E-state index contributed by atoms with van der Waals surface area (Å²) >= 11 is 13.5. The number of rotatable bonds is 8. The zero-order valence-electron chi connectivity index (χ0n) is 24.3. The second-order valence-corrected chi connectivity index (χ2v) is 12.9. The minimum absolute atomic E-state index is 0.0204. The second kappa shape index (κ2) is 11.5. The molecule has 0 aromatic heterocycles. The summed E-state index contributed by atoms with van der Waals surface area (Å²) in [6.07, 6.45) is 1.04. The van der Waals surface area contributed by atoms with Gasteiger partial charge in [0.15, 0.2) is 5.54 Å². The highest BCUT2D eigenvalue weighted by Crippen LogP contribution is 2.56. The summed E-state index contributed by atoms with van der Waals surface area (Å²) in [6, 6.07) is 13.1. The molecule has 3 aromatic rings.